The fourth-order valence-electron chi connectivity index (χ4n) is 2.29. The maximum atomic E-state index is 5.38. The van der Waals surface area contributed by atoms with Crippen LogP contribution in [0.1, 0.15) is 18.5 Å². The van der Waals surface area contributed by atoms with E-state index in [0.29, 0.717) is 0 Å². The zero-order valence-corrected chi connectivity index (χ0v) is 9.80. The number of aromatic nitrogens is 1. The lowest BCUT2D eigenvalue weighted by atomic mass is 10.1. The summed E-state index contributed by atoms with van der Waals surface area (Å²) in [5.74, 6) is 0.861. The molecule has 1 aliphatic rings. The lowest BCUT2D eigenvalue weighted by Crippen LogP contribution is -2.18. The minimum Gasteiger partial charge on any atom is -0.356 e. The molecule has 3 nitrogen and oxygen atoms in total. The van der Waals surface area contributed by atoms with Gasteiger partial charge in [-0.3, -0.25) is 4.90 Å². The van der Waals surface area contributed by atoms with Gasteiger partial charge < -0.3 is 4.52 Å². The summed E-state index contributed by atoms with van der Waals surface area (Å²) in [6.45, 7) is 3.29. The van der Waals surface area contributed by atoms with E-state index in [4.69, 9.17) is 4.52 Å². The summed E-state index contributed by atoms with van der Waals surface area (Å²) < 4.78 is 5.38. The fraction of sp³-hybridized carbons (Fsp3) is 0.357. The van der Waals surface area contributed by atoms with E-state index in [1.165, 1.54) is 25.9 Å². The highest BCUT2D eigenvalue weighted by molar-refractivity contribution is 5.56. The molecule has 2 heterocycles. The molecule has 0 amide bonds. The van der Waals surface area contributed by atoms with Crippen LogP contribution in [-0.2, 0) is 6.54 Å². The molecule has 1 fully saturated rings. The Morgan fingerprint density at radius 1 is 1.12 bits per heavy atom. The Labute approximate surface area is 101 Å². The third-order valence-electron chi connectivity index (χ3n) is 3.20. The quantitative estimate of drug-likeness (QED) is 0.808. The first-order valence-corrected chi connectivity index (χ1v) is 6.15. The molecular formula is C14H16N2O. The average Bonchev–Trinajstić information content (AvgIpc) is 3.02. The van der Waals surface area contributed by atoms with E-state index in [1.54, 1.807) is 0 Å². The first kappa shape index (κ1) is 10.5. The molecule has 0 spiro atoms. The molecule has 1 aromatic heterocycles. The van der Waals surface area contributed by atoms with E-state index in [2.05, 4.69) is 10.1 Å². The van der Waals surface area contributed by atoms with Crippen molar-refractivity contribution in [1.82, 2.24) is 10.1 Å². The monoisotopic (exact) mass is 228 g/mol. The van der Waals surface area contributed by atoms with Crippen molar-refractivity contribution in [2.24, 2.45) is 0 Å². The molecule has 0 aliphatic carbocycles. The summed E-state index contributed by atoms with van der Waals surface area (Å²) in [6, 6.07) is 12.2. The van der Waals surface area contributed by atoms with Crippen molar-refractivity contribution in [3.8, 4) is 11.3 Å². The van der Waals surface area contributed by atoms with Gasteiger partial charge in [-0.25, -0.2) is 0 Å². The Hall–Kier alpha value is -1.61. The second-order valence-corrected chi connectivity index (χ2v) is 4.53. The first-order valence-electron chi connectivity index (χ1n) is 6.15. The minimum atomic E-state index is 0.861. The van der Waals surface area contributed by atoms with Gasteiger partial charge in [0.25, 0.3) is 0 Å². The molecule has 88 valence electrons. The summed E-state index contributed by atoms with van der Waals surface area (Å²) in [5.41, 5.74) is 2.12. The number of hydrogen-bond acceptors (Lipinski definition) is 3. The van der Waals surface area contributed by atoms with Crippen molar-refractivity contribution in [3.05, 3.63) is 42.1 Å². The summed E-state index contributed by atoms with van der Waals surface area (Å²) in [5, 5.41) is 4.14. The Bertz CT molecular complexity index is 472. The van der Waals surface area contributed by atoms with E-state index in [9.17, 15) is 0 Å². The molecule has 3 rings (SSSR count). The van der Waals surface area contributed by atoms with Crippen LogP contribution in [0.3, 0.4) is 0 Å². The Kier molecular flexibility index (Phi) is 2.92. The highest BCUT2D eigenvalue weighted by Gasteiger charge is 2.14. The van der Waals surface area contributed by atoms with Crippen LogP contribution in [0, 0.1) is 0 Å². The van der Waals surface area contributed by atoms with Gasteiger partial charge in [0.05, 0.1) is 5.69 Å². The van der Waals surface area contributed by atoms with Gasteiger partial charge in [0.1, 0.15) is 0 Å². The SMILES string of the molecule is c1ccc(-c2cc(CN3CCCC3)no2)cc1. The molecule has 0 bridgehead atoms. The van der Waals surface area contributed by atoms with E-state index in [-0.39, 0.29) is 0 Å². The summed E-state index contributed by atoms with van der Waals surface area (Å²) >= 11 is 0. The van der Waals surface area contributed by atoms with Crippen LogP contribution in [0.25, 0.3) is 11.3 Å². The highest BCUT2D eigenvalue weighted by atomic mass is 16.5. The maximum absolute atomic E-state index is 5.38. The van der Waals surface area contributed by atoms with Crippen LogP contribution in [0.4, 0.5) is 0 Å². The lowest BCUT2D eigenvalue weighted by Gasteiger charge is -2.10. The Morgan fingerprint density at radius 3 is 2.65 bits per heavy atom. The van der Waals surface area contributed by atoms with Crippen LogP contribution in [-0.4, -0.2) is 23.1 Å². The molecule has 1 aliphatic heterocycles. The van der Waals surface area contributed by atoms with Crippen LogP contribution in [0.15, 0.2) is 40.9 Å². The predicted octanol–water partition coefficient (Wildman–Crippen LogP) is 2.94. The molecule has 1 saturated heterocycles. The largest absolute Gasteiger partial charge is 0.356 e. The molecule has 3 heteroatoms. The van der Waals surface area contributed by atoms with E-state index in [1.807, 2.05) is 36.4 Å². The first-order chi connectivity index (χ1) is 8.42. The summed E-state index contributed by atoms with van der Waals surface area (Å²) in [4.78, 5) is 2.42. The summed E-state index contributed by atoms with van der Waals surface area (Å²) in [7, 11) is 0. The number of nitrogens with zero attached hydrogens (tertiary/aromatic N) is 2. The van der Waals surface area contributed by atoms with Gasteiger partial charge in [0.15, 0.2) is 5.76 Å². The number of benzene rings is 1. The fourth-order valence-corrected chi connectivity index (χ4v) is 2.29. The zero-order valence-electron chi connectivity index (χ0n) is 9.80. The smallest absolute Gasteiger partial charge is 0.167 e. The van der Waals surface area contributed by atoms with Crippen molar-refractivity contribution >= 4 is 0 Å². The van der Waals surface area contributed by atoms with Crippen molar-refractivity contribution in [3.63, 3.8) is 0 Å². The average molecular weight is 228 g/mol. The molecule has 1 aromatic carbocycles. The second-order valence-electron chi connectivity index (χ2n) is 4.53. The van der Waals surface area contributed by atoms with E-state index < -0.39 is 0 Å². The normalized spacial score (nSPS) is 16.5. The third-order valence-corrected chi connectivity index (χ3v) is 3.20. The van der Waals surface area contributed by atoms with Crippen LogP contribution < -0.4 is 0 Å². The number of hydrogen-bond donors (Lipinski definition) is 0. The topological polar surface area (TPSA) is 29.3 Å². The van der Waals surface area contributed by atoms with Gasteiger partial charge in [0.2, 0.25) is 0 Å². The zero-order chi connectivity index (χ0) is 11.5. The van der Waals surface area contributed by atoms with Gasteiger partial charge >= 0.3 is 0 Å². The molecule has 0 N–H and O–H groups in total. The molecule has 0 saturated carbocycles. The van der Waals surface area contributed by atoms with Gasteiger partial charge in [-0.2, -0.15) is 0 Å². The van der Waals surface area contributed by atoms with E-state index in [0.717, 1.165) is 23.6 Å². The van der Waals surface area contributed by atoms with Crippen molar-refractivity contribution < 1.29 is 4.52 Å². The standard InChI is InChI=1S/C14H16N2O/c1-2-6-12(7-3-1)14-10-13(15-17-14)11-16-8-4-5-9-16/h1-3,6-7,10H,4-5,8-9,11H2. The molecule has 2 aromatic rings. The van der Waals surface area contributed by atoms with E-state index >= 15 is 0 Å². The van der Waals surface area contributed by atoms with Crippen LogP contribution in [0.5, 0.6) is 0 Å². The molecule has 0 unspecified atom stereocenters. The van der Waals surface area contributed by atoms with Gasteiger partial charge in [-0.05, 0) is 25.9 Å². The predicted molar refractivity (Wildman–Crippen MR) is 66.5 cm³/mol. The van der Waals surface area contributed by atoms with Crippen LogP contribution in [0.2, 0.25) is 0 Å². The number of rotatable bonds is 3. The van der Waals surface area contributed by atoms with Gasteiger partial charge in [-0.15, -0.1) is 0 Å². The second kappa shape index (κ2) is 4.72. The summed E-state index contributed by atoms with van der Waals surface area (Å²) in [6.07, 6.45) is 2.62. The lowest BCUT2D eigenvalue weighted by molar-refractivity contribution is 0.315. The van der Waals surface area contributed by atoms with Crippen molar-refractivity contribution in [2.75, 3.05) is 13.1 Å². The number of likely N-dealkylation sites (tertiary alicyclic amines) is 1. The van der Waals surface area contributed by atoms with Gasteiger partial charge in [-0.1, -0.05) is 35.5 Å². The third kappa shape index (κ3) is 2.39. The molecular weight excluding hydrogens is 212 g/mol. The molecule has 17 heavy (non-hydrogen) atoms. The Morgan fingerprint density at radius 2 is 1.88 bits per heavy atom. The molecule has 0 radical (unpaired) electrons. The van der Waals surface area contributed by atoms with Gasteiger partial charge in [0, 0.05) is 18.2 Å². The minimum absolute atomic E-state index is 0.861. The highest BCUT2D eigenvalue weighted by Crippen LogP contribution is 2.21. The maximum Gasteiger partial charge on any atom is 0.167 e. The van der Waals surface area contributed by atoms with Crippen molar-refractivity contribution in [2.45, 2.75) is 19.4 Å². The Balaban J connectivity index is 1.74. The van der Waals surface area contributed by atoms with Crippen molar-refractivity contribution in [1.29, 1.82) is 0 Å². The van der Waals surface area contributed by atoms with Crippen LogP contribution >= 0.6 is 0 Å². The molecule has 0 atom stereocenters.